The molecule has 0 bridgehead atoms. The summed E-state index contributed by atoms with van der Waals surface area (Å²) < 4.78 is 1.35. The first kappa shape index (κ1) is 106. The number of aromatic nitrogens is 2. The number of aliphatic hydroxyl groups excluding tert-OH is 1. The van der Waals surface area contributed by atoms with E-state index in [9.17, 15) is 87.9 Å². The predicted molar refractivity (Wildman–Crippen MR) is 484 cm³/mol. The molecule has 0 radical (unpaired) electrons. The maximum atomic E-state index is 15.9. The van der Waals surface area contributed by atoms with E-state index >= 15 is 38.4 Å². The van der Waals surface area contributed by atoms with Crippen molar-refractivity contribution in [3.63, 3.8) is 0 Å². The van der Waals surface area contributed by atoms with Gasteiger partial charge in [-0.2, -0.15) is 0 Å². The quantitative estimate of drug-likeness (QED) is 0.0234. The van der Waals surface area contributed by atoms with Crippen LogP contribution in [0, 0.1) is 0 Å². The third-order valence-electron chi connectivity index (χ3n) is 24.6. The van der Waals surface area contributed by atoms with Gasteiger partial charge in [0.1, 0.15) is 96.9 Å². The summed E-state index contributed by atoms with van der Waals surface area (Å²) in [7, 11) is 2.45. The molecule has 24 N–H and O–H groups in total. The van der Waals surface area contributed by atoms with Crippen LogP contribution >= 0.6 is 0 Å². The van der Waals surface area contributed by atoms with Crippen molar-refractivity contribution in [3.05, 3.63) is 102 Å². The number of carbonyl (C=O) groups is 21. The second-order valence-electron chi connectivity index (χ2n) is 34.7. The number of amides is 18. The topological polar surface area (TPSA) is 721 Å². The highest BCUT2D eigenvalue weighted by Crippen LogP contribution is 2.30. The zero-order valence-corrected chi connectivity index (χ0v) is 76.3. The van der Waals surface area contributed by atoms with Crippen LogP contribution < -0.4 is 76.1 Å². The molecule has 0 aliphatic carbocycles. The van der Waals surface area contributed by atoms with Crippen LogP contribution in [0.1, 0.15) is 153 Å². The number of nitrogens with one attached hydrogen (secondary N) is 11. The Kier molecular flexibility index (Phi) is 38.3. The molecule has 3 aromatic carbocycles. The summed E-state index contributed by atoms with van der Waals surface area (Å²) in [4.78, 5) is 308. The van der Waals surface area contributed by atoms with Crippen LogP contribution in [0.25, 0.3) is 21.8 Å². The number of fused-ring (bicyclic) bond motifs is 5. The summed E-state index contributed by atoms with van der Waals surface area (Å²) in [6.07, 6.45) is -5.14. The number of phenols is 1. The number of piperidine rings is 1. The van der Waals surface area contributed by atoms with Crippen molar-refractivity contribution in [2.24, 2.45) is 22.9 Å². The maximum Gasteiger partial charge on any atom is 0.323 e. The standard InChI is InChI=1S/C90H121N21O26/c1-5-7-19-65-82(129)98-56(29-31-74(118)119)79(126)105-63(77(94)124)42-95-43-73(117)97-59(34-47-24-26-50(112)27-25-47)87(134)109-32-14-13-22-66(109)84(131)104-61(39-72(93)116)88(135)110-33-15-23-67(110)83(130)99-55(28-30-70(91)114)78(125)103-62(40-75(120)121)89(136)111-45-51(113)37-69(111)85(132)101-57(35-48-41-96-54-18-11-9-16-52(48)54)80(127)100-58(38-71(92)115)81(128)102-60(86(133)107(4)68(20-8-6-2)90(137)106(65)3)36-49-44-108(46-76(122)123)64-21-12-10-17-53(49)64/h9-12,16-18,21,24-27,41,44,51,55-63,65-69,95-96,112-113H,5-8,13-15,19-20,22-23,28-40,42-43,45-46H2,1-4H3,(H2,91,114)(H2,92,115)(H2,93,116)(H2,94,124)(H,97,117)(H,98,129)(H,99,130)(H,100,127)(H,101,132)(H,102,128)(H,103,125)(H,104,131)(H,105,126)(H,118,119)(H,120,121)(H,122,123)/t51-,55+,56+,57+,58+,59+,60+,61+,62+,63+,65+,66+,67+,68+,69+/m1/s1. The van der Waals surface area contributed by atoms with Gasteiger partial charge in [0.2, 0.25) is 106 Å². The second kappa shape index (κ2) is 49.5. The third kappa shape index (κ3) is 29.2. The van der Waals surface area contributed by atoms with E-state index in [1.54, 1.807) is 62.4 Å². The lowest BCUT2D eigenvalue weighted by Crippen LogP contribution is -2.62. The average Bonchev–Trinajstić information content (AvgIpc) is 1.52. The molecule has 15 atom stereocenters. The lowest BCUT2D eigenvalue weighted by atomic mass is 9.97. The van der Waals surface area contributed by atoms with Gasteiger partial charge in [-0.25, -0.2) is 0 Å². The fourth-order valence-electron chi connectivity index (χ4n) is 17.5. The molecule has 4 aliphatic heterocycles. The van der Waals surface area contributed by atoms with Crippen molar-refractivity contribution in [1.29, 1.82) is 0 Å². The van der Waals surface area contributed by atoms with E-state index in [1.165, 1.54) is 55.3 Å². The molecule has 18 amide bonds. The van der Waals surface area contributed by atoms with Crippen molar-refractivity contribution >= 4 is 146 Å². The lowest BCUT2D eigenvalue weighted by molar-refractivity contribution is -0.149. The molecular weight excluding hydrogens is 1790 g/mol. The van der Waals surface area contributed by atoms with Gasteiger partial charge in [-0.15, -0.1) is 0 Å². The number of nitrogens with two attached hydrogens (primary N) is 4. The van der Waals surface area contributed by atoms with Crippen LogP contribution in [0.3, 0.4) is 0 Å². The molecule has 6 heterocycles. The van der Waals surface area contributed by atoms with Gasteiger partial charge in [0.05, 0.1) is 31.9 Å². The Labute approximate surface area is 785 Å². The molecule has 4 fully saturated rings. The van der Waals surface area contributed by atoms with Crippen LogP contribution in [0.2, 0.25) is 0 Å². The zero-order valence-electron chi connectivity index (χ0n) is 76.3. The van der Waals surface area contributed by atoms with Crippen molar-refractivity contribution in [2.75, 3.05) is 46.8 Å². The molecule has 2 aromatic heterocycles. The fraction of sp³-hybridized carbons (Fsp3) is 0.522. The molecule has 137 heavy (non-hydrogen) atoms. The van der Waals surface area contributed by atoms with E-state index in [-0.39, 0.29) is 75.8 Å². The van der Waals surface area contributed by atoms with Crippen molar-refractivity contribution in [1.82, 2.24) is 87.2 Å². The third-order valence-corrected chi connectivity index (χ3v) is 24.6. The van der Waals surface area contributed by atoms with Gasteiger partial charge < -0.3 is 136 Å². The number of primary amides is 4. The minimum Gasteiger partial charge on any atom is -0.508 e. The molecule has 0 spiro atoms. The SMILES string of the molecule is CCCC[C@H]1C(=O)N(C)[C@@H](CCCC)C(=O)N[C@@H](CCC(=O)O)C(=O)N[C@H](C(N)=O)CNCC(=O)N[C@@H](Cc2ccc(O)cc2)C(=O)N2CCCC[C@H]2C(=O)N[C@@H](CC(N)=O)C(=O)N2CCC[C@H]2C(=O)N[C@@H](CCC(N)=O)C(=O)N[C@@H](CC(=O)O)C(=O)N2C[C@H](O)C[C@H]2C(=O)N[C@@H](Cc2c[nH]c3ccccc23)C(=O)N[C@@H](CC(N)=O)C(=O)N[C@@H](Cc2cn(CC(=O)O)c3ccccc23)C(=O)N1C. The molecule has 0 saturated carbocycles. The molecule has 4 saturated heterocycles. The summed E-state index contributed by atoms with van der Waals surface area (Å²) in [6.45, 7) is 0.430. The van der Waals surface area contributed by atoms with Crippen molar-refractivity contribution in [2.45, 2.75) is 252 Å². The number of phenolic OH excluding ortho intramolecular Hbond substituents is 1. The number of likely N-dealkylation sites (N-methyl/N-ethyl adjacent to an activating group) is 2. The molecule has 0 unspecified atom stereocenters. The largest absolute Gasteiger partial charge is 0.508 e. The minimum absolute atomic E-state index is 0.0659. The van der Waals surface area contributed by atoms with Gasteiger partial charge in [-0.1, -0.05) is 88.1 Å². The molecular formula is C90H121N21O26. The van der Waals surface area contributed by atoms with Gasteiger partial charge in [0.25, 0.3) is 0 Å². The number of nitrogens with zero attached hydrogens (tertiary/aromatic N) is 6. The monoisotopic (exact) mass is 1910 g/mol. The zero-order chi connectivity index (χ0) is 100. The number of carbonyl (C=O) groups excluding carboxylic acids is 18. The molecule has 742 valence electrons. The highest BCUT2D eigenvalue weighted by molar-refractivity contribution is 6.03. The fourth-order valence-corrected chi connectivity index (χ4v) is 17.5. The number of benzene rings is 3. The van der Waals surface area contributed by atoms with Crippen molar-refractivity contribution < 1.29 is 126 Å². The van der Waals surface area contributed by atoms with Crippen LogP contribution in [-0.4, -0.2) is 321 Å². The van der Waals surface area contributed by atoms with Crippen molar-refractivity contribution in [3.8, 4) is 5.75 Å². The Morgan fingerprint density at radius 3 is 1.58 bits per heavy atom. The van der Waals surface area contributed by atoms with E-state index in [4.69, 9.17) is 22.9 Å². The summed E-state index contributed by atoms with van der Waals surface area (Å²) >= 11 is 0. The van der Waals surface area contributed by atoms with Crippen LogP contribution in [0.15, 0.2) is 85.2 Å². The normalized spacial score (nSPS) is 25.0. The van der Waals surface area contributed by atoms with Gasteiger partial charge in [-0.05, 0) is 98.7 Å². The summed E-state index contributed by atoms with van der Waals surface area (Å²) in [5.74, 6) is -24.8. The number of aromatic hydroxyl groups is 1. The minimum atomic E-state index is -2.19. The van der Waals surface area contributed by atoms with Crippen LogP contribution in [-0.2, 0) is 126 Å². The van der Waals surface area contributed by atoms with Crippen LogP contribution in [0.4, 0.5) is 0 Å². The Balaban J connectivity index is 1.12. The van der Waals surface area contributed by atoms with Crippen LogP contribution in [0.5, 0.6) is 5.75 Å². The van der Waals surface area contributed by atoms with E-state index < -0.39 is 305 Å². The van der Waals surface area contributed by atoms with Gasteiger partial charge in [0, 0.05) is 113 Å². The number of aliphatic carboxylic acids is 3. The molecule has 5 aromatic rings. The predicted octanol–water partition coefficient (Wildman–Crippen LogP) is -4.88. The van der Waals surface area contributed by atoms with E-state index in [2.05, 4.69) is 58.2 Å². The number of carboxylic acid groups (broad SMARTS) is 3. The lowest BCUT2D eigenvalue weighted by Gasteiger charge is -2.38. The van der Waals surface area contributed by atoms with E-state index in [0.29, 0.717) is 63.5 Å². The first-order valence-electron chi connectivity index (χ1n) is 45.3. The number of para-hydroxylation sites is 2. The summed E-state index contributed by atoms with van der Waals surface area (Å²) in [6, 6.07) is -6.25. The molecule has 4 aliphatic rings. The summed E-state index contributed by atoms with van der Waals surface area (Å²) in [5, 5.41) is 78.0. The first-order valence-corrected chi connectivity index (χ1v) is 45.3. The molecule has 47 nitrogen and oxygen atoms in total. The number of carboxylic acids is 3. The highest BCUT2D eigenvalue weighted by atomic mass is 16.4. The number of H-pyrrole nitrogens is 1. The number of hydrogen-bond acceptors (Lipinski definition) is 24. The Morgan fingerprint density at radius 1 is 0.445 bits per heavy atom. The van der Waals surface area contributed by atoms with E-state index in [1.807, 2.05) is 0 Å². The molecule has 47 heteroatoms. The molecule has 9 rings (SSSR count). The Bertz CT molecular complexity index is 5330. The number of unbranched alkanes of at least 4 members (excludes halogenated alkanes) is 2. The average molecular weight is 1910 g/mol. The Hall–Kier alpha value is -14.7. The first-order chi connectivity index (χ1) is 65.1. The van der Waals surface area contributed by atoms with Gasteiger partial charge >= 0.3 is 17.9 Å². The van der Waals surface area contributed by atoms with E-state index in [0.717, 1.165) is 19.6 Å². The number of aromatic amines is 1. The number of rotatable bonds is 27. The number of hydrogen-bond donors (Lipinski definition) is 20. The smallest absolute Gasteiger partial charge is 0.323 e. The summed E-state index contributed by atoms with van der Waals surface area (Å²) in [5.41, 5.74) is 24.7. The highest BCUT2D eigenvalue weighted by Gasteiger charge is 2.48. The second-order valence-corrected chi connectivity index (χ2v) is 34.7. The Morgan fingerprint density at radius 2 is 0.949 bits per heavy atom. The van der Waals surface area contributed by atoms with Gasteiger partial charge in [0.15, 0.2) is 0 Å². The van der Waals surface area contributed by atoms with Gasteiger partial charge in [-0.3, -0.25) is 101 Å². The number of aliphatic hydroxyl groups is 1. The maximum absolute atomic E-state index is 15.9.